The van der Waals surface area contributed by atoms with Gasteiger partial charge in [-0.2, -0.15) is 0 Å². The number of rotatable bonds is 13. The van der Waals surface area contributed by atoms with Gasteiger partial charge in [0.25, 0.3) is 0 Å². The van der Waals surface area contributed by atoms with Crippen molar-refractivity contribution in [2.45, 2.75) is 103 Å². The molecule has 0 N–H and O–H groups in total. The Morgan fingerprint density at radius 1 is 0.571 bits per heavy atom. The molecule has 0 aromatic rings. The summed E-state index contributed by atoms with van der Waals surface area (Å²) in [7, 11) is 2.48. The molecule has 0 atom stereocenters. The third kappa shape index (κ3) is 10.3. The highest BCUT2D eigenvalue weighted by Gasteiger charge is 2.23. The smallest absolute Gasteiger partial charge is 0.0784 e. The molecule has 1 saturated heterocycles. The Hall–Kier alpha value is -0.0400. The lowest BCUT2D eigenvalue weighted by Crippen LogP contribution is -2.48. The number of hydrogen-bond acceptors (Lipinski definition) is 0. The first kappa shape index (κ1) is 19.0. The normalized spacial score (nSPS) is 18.0. The second-order valence-electron chi connectivity index (χ2n) is 7.74. The molecule has 0 bridgehead atoms. The molecular formula is C20H42N+. The summed E-state index contributed by atoms with van der Waals surface area (Å²) in [5.41, 5.74) is 0. The van der Waals surface area contributed by atoms with Gasteiger partial charge in [0.05, 0.1) is 26.7 Å². The molecule has 0 aromatic heterocycles. The average Bonchev–Trinajstić information content (AvgIpc) is 2.49. The summed E-state index contributed by atoms with van der Waals surface area (Å²) in [6, 6.07) is 0. The molecule has 1 heteroatoms. The zero-order chi connectivity index (χ0) is 15.2. The lowest BCUT2D eigenvalue weighted by atomic mass is 10.0. The molecule has 0 spiro atoms. The third-order valence-electron chi connectivity index (χ3n) is 5.45. The Morgan fingerprint density at radius 3 is 1.48 bits per heavy atom. The lowest BCUT2D eigenvalue weighted by Gasteiger charge is -2.37. The molecule has 0 unspecified atom stereocenters. The van der Waals surface area contributed by atoms with Gasteiger partial charge in [-0.15, -0.1) is 0 Å². The molecule has 0 radical (unpaired) electrons. The molecule has 1 aliphatic heterocycles. The van der Waals surface area contributed by atoms with Gasteiger partial charge in [-0.1, -0.05) is 71.1 Å². The van der Waals surface area contributed by atoms with Crippen LogP contribution in [0.3, 0.4) is 0 Å². The van der Waals surface area contributed by atoms with Crippen LogP contribution in [0.15, 0.2) is 0 Å². The van der Waals surface area contributed by atoms with Gasteiger partial charge < -0.3 is 4.48 Å². The van der Waals surface area contributed by atoms with Crippen molar-refractivity contribution in [2.75, 3.05) is 26.7 Å². The lowest BCUT2D eigenvalue weighted by molar-refractivity contribution is -0.914. The number of likely N-dealkylation sites (tertiary alicyclic amines) is 1. The monoisotopic (exact) mass is 296 g/mol. The van der Waals surface area contributed by atoms with Gasteiger partial charge in [-0.25, -0.2) is 0 Å². The van der Waals surface area contributed by atoms with E-state index >= 15 is 0 Å². The van der Waals surface area contributed by atoms with Crippen molar-refractivity contribution in [2.24, 2.45) is 0 Å². The molecule has 0 saturated carbocycles. The van der Waals surface area contributed by atoms with E-state index in [0.29, 0.717) is 0 Å². The van der Waals surface area contributed by atoms with E-state index in [4.69, 9.17) is 0 Å². The van der Waals surface area contributed by atoms with Gasteiger partial charge >= 0.3 is 0 Å². The molecular weight excluding hydrogens is 254 g/mol. The Bertz CT molecular complexity index is 218. The van der Waals surface area contributed by atoms with Crippen molar-refractivity contribution in [3.63, 3.8) is 0 Å². The Morgan fingerprint density at radius 2 is 1.00 bits per heavy atom. The van der Waals surface area contributed by atoms with E-state index in [0.717, 1.165) is 0 Å². The van der Waals surface area contributed by atoms with Gasteiger partial charge in [0.2, 0.25) is 0 Å². The number of quaternary nitrogens is 1. The minimum atomic E-state index is 1.37. The number of hydrogen-bond donors (Lipinski definition) is 0. The number of piperidine rings is 1. The third-order valence-corrected chi connectivity index (χ3v) is 5.45. The van der Waals surface area contributed by atoms with Crippen LogP contribution in [-0.4, -0.2) is 31.2 Å². The Kier molecular flexibility index (Phi) is 11.3. The zero-order valence-corrected chi connectivity index (χ0v) is 15.2. The highest BCUT2D eigenvalue weighted by molar-refractivity contribution is 4.53. The first-order valence-electron chi connectivity index (χ1n) is 10.1. The molecule has 1 fully saturated rings. The van der Waals surface area contributed by atoms with Crippen molar-refractivity contribution >= 4 is 0 Å². The highest BCUT2D eigenvalue weighted by atomic mass is 15.3. The van der Waals surface area contributed by atoms with E-state index in [9.17, 15) is 0 Å². The molecule has 0 aromatic carbocycles. The van der Waals surface area contributed by atoms with Gasteiger partial charge in [0.1, 0.15) is 0 Å². The van der Waals surface area contributed by atoms with Crippen molar-refractivity contribution in [1.82, 2.24) is 0 Å². The van der Waals surface area contributed by atoms with Crippen LogP contribution >= 0.6 is 0 Å². The van der Waals surface area contributed by atoms with E-state index < -0.39 is 0 Å². The largest absolute Gasteiger partial charge is 0.326 e. The van der Waals surface area contributed by atoms with Crippen LogP contribution in [0.25, 0.3) is 0 Å². The minimum absolute atomic E-state index is 1.37. The van der Waals surface area contributed by atoms with Gasteiger partial charge in [0.15, 0.2) is 0 Å². The molecule has 21 heavy (non-hydrogen) atoms. The predicted octanol–water partition coefficient (Wildman–Crippen LogP) is 6.32. The van der Waals surface area contributed by atoms with Crippen molar-refractivity contribution in [3.05, 3.63) is 0 Å². The molecule has 1 rings (SSSR count). The Labute approximate surface area is 135 Å². The van der Waals surface area contributed by atoms with Crippen molar-refractivity contribution in [1.29, 1.82) is 0 Å². The van der Waals surface area contributed by atoms with E-state index in [1.165, 1.54) is 120 Å². The van der Waals surface area contributed by atoms with Crippen LogP contribution in [0.5, 0.6) is 0 Å². The fraction of sp³-hybridized carbons (Fsp3) is 1.00. The molecule has 1 aliphatic rings. The molecule has 0 aliphatic carbocycles. The average molecular weight is 297 g/mol. The van der Waals surface area contributed by atoms with E-state index in [-0.39, 0.29) is 0 Å². The van der Waals surface area contributed by atoms with Gasteiger partial charge in [-0.05, 0) is 32.1 Å². The highest BCUT2D eigenvalue weighted by Crippen LogP contribution is 2.18. The fourth-order valence-electron chi connectivity index (χ4n) is 3.83. The summed E-state index contributed by atoms with van der Waals surface area (Å²) in [5, 5.41) is 0. The molecule has 126 valence electrons. The predicted molar refractivity (Wildman–Crippen MR) is 95.7 cm³/mol. The second kappa shape index (κ2) is 12.5. The number of nitrogens with zero attached hydrogens (tertiary/aromatic N) is 1. The topological polar surface area (TPSA) is 0 Å². The van der Waals surface area contributed by atoms with Crippen molar-refractivity contribution < 1.29 is 4.48 Å². The summed E-state index contributed by atoms with van der Waals surface area (Å²) in [6.45, 7) is 6.63. The second-order valence-corrected chi connectivity index (χ2v) is 7.74. The van der Waals surface area contributed by atoms with Crippen LogP contribution in [0.2, 0.25) is 0 Å². The Balaban J connectivity index is 1.78. The summed E-state index contributed by atoms with van der Waals surface area (Å²) >= 11 is 0. The zero-order valence-electron chi connectivity index (χ0n) is 15.2. The summed E-state index contributed by atoms with van der Waals surface area (Å²) in [4.78, 5) is 0. The fourth-order valence-corrected chi connectivity index (χ4v) is 3.83. The van der Waals surface area contributed by atoms with E-state index in [1.54, 1.807) is 0 Å². The molecule has 0 amide bonds. The van der Waals surface area contributed by atoms with Crippen LogP contribution in [0.4, 0.5) is 0 Å². The molecule has 1 nitrogen and oxygen atoms in total. The maximum atomic E-state index is 2.48. The van der Waals surface area contributed by atoms with Crippen LogP contribution in [0, 0.1) is 0 Å². The minimum Gasteiger partial charge on any atom is -0.326 e. The maximum absolute atomic E-state index is 2.48. The van der Waals surface area contributed by atoms with Gasteiger partial charge in [0, 0.05) is 0 Å². The van der Waals surface area contributed by atoms with Crippen LogP contribution in [0.1, 0.15) is 103 Å². The SMILES string of the molecule is CCCCCCCCCCCCCC[N+]1(C)CCCCC1. The summed E-state index contributed by atoms with van der Waals surface area (Å²) in [5.74, 6) is 0. The van der Waals surface area contributed by atoms with Crippen LogP contribution < -0.4 is 0 Å². The first-order chi connectivity index (χ1) is 10.3. The van der Waals surface area contributed by atoms with E-state index in [1.807, 2.05) is 0 Å². The van der Waals surface area contributed by atoms with Gasteiger partial charge in [-0.3, -0.25) is 0 Å². The summed E-state index contributed by atoms with van der Waals surface area (Å²) in [6.07, 6.45) is 22.0. The van der Waals surface area contributed by atoms with Crippen molar-refractivity contribution in [3.8, 4) is 0 Å². The maximum Gasteiger partial charge on any atom is 0.0784 e. The number of unbranched alkanes of at least 4 members (excludes halogenated alkanes) is 11. The first-order valence-corrected chi connectivity index (χ1v) is 10.1. The molecule has 1 heterocycles. The summed E-state index contributed by atoms with van der Waals surface area (Å²) < 4.78 is 1.37. The quantitative estimate of drug-likeness (QED) is 0.275. The van der Waals surface area contributed by atoms with E-state index in [2.05, 4.69) is 14.0 Å². The standard InChI is InChI=1S/C20H42N/c1-3-4-5-6-7-8-9-10-11-12-13-15-18-21(2)19-16-14-17-20-21/h3-20H2,1-2H3/q+1. The van der Waals surface area contributed by atoms with Crippen LogP contribution in [-0.2, 0) is 0 Å².